The van der Waals surface area contributed by atoms with Gasteiger partial charge in [-0.25, -0.2) is 0 Å². The summed E-state index contributed by atoms with van der Waals surface area (Å²) in [5.41, 5.74) is 0.280. The highest BCUT2D eigenvalue weighted by Gasteiger charge is 2.18. The molecule has 1 aromatic rings. The molecule has 0 bridgehead atoms. The maximum atomic E-state index is 11.8. The maximum Gasteiger partial charge on any atom is 0.270 e. The number of thioether (sulfide) groups is 1. The normalized spacial score (nSPS) is 14.1. The number of carbonyl (C=O) groups is 1. The highest BCUT2D eigenvalue weighted by molar-refractivity contribution is 7.99. The predicted octanol–water partition coefficient (Wildman–Crippen LogP) is 1.58. The zero-order valence-corrected chi connectivity index (χ0v) is 11.3. The SMILES string of the molecule is CSC(CO)C(C)NC(=O)c1cc(Cl)ccn1. The first-order chi connectivity index (χ1) is 8.08. The third-order valence-corrected chi connectivity index (χ3v) is 3.75. The van der Waals surface area contributed by atoms with Gasteiger partial charge in [0.1, 0.15) is 5.69 Å². The third-order valence-electron chi connectivity index (χ3n) is 2.35. The predicted molar refractivity (Wildman–Crippen MR) is 70.6 cm³/mol. The van der Waals surface area contributed by atoms with Gasteiger partial charge in [-0.1, -0.05) is 11.6 Å². The lowest BCUT2D eigenvalue weighted by molar-refractivity contribution is 0.0931. The number of hydrogen-bond donors (Lipinski definition) is 2. The maximum absolute atomic E-state index is 11.8. The summed E-state index contributed by atoms with van der Waals surface area (Å²) < 4.78 is 0. The van der Waals surface area contributed by atoms with Crippen molar-refractivity contribution in [2.75, 3.05) is 12.9 Å². The van der Waals surface area contributed by atoms with E-state index in [2.05, 4.69) is 10.3 Å². The van der Waals surface area contributed by atoms with Crippen LogP contribution in [0.2, 0.25) is 5.02 Å². The fraction of sp³-hybridized carbons (Fsp3) is 0.455. The summed E-state index contributed by atoms with van der Waals surface area (Å²) in [6.45, 7) is 1.87. The van der Waals surface area contributed by atoms with E-state index in [1.54, 1.807) is 6.07 Å². The Morgan fingerprint density at radius 1 is 1.71 bits per heavy atom. The highest BCUT2D eigenvalue weighted by Crippen LogP contribution is 2.12. The molecule has 17 heavy (non-hydrogen) atoms. The molecule has 2 unspecified atom stereocenters. The Morgan fingerprint density at radius 2 is 2.41 bits per heavy atom. The van der Waals surface area contributed by atoms with Crippen LogP contribution in [0, 0.1) is 0 Å². The average Bonchev–Trinajstić information content (AvgIpc) is 2.30. The largest absolute Gasteiger partial charge is 0.395 e. The number of aromatic nitrogens is 1. The number of nitrogens with zero attached hydrogens (tertiary/aromatic N) is 1. The number of aliphatic hydroxyl groups excluding tert-OH is 1. The number of rotatable bonds is 5. The summed E-state index contributed by atoms with van der Waals surface area (Å²) in [4.78, 5) is 15.8. The van der Waals surface area contributed by atoms with Crippen LogP contribution in [0.25, 0.3) is 0 Å². The van der Waals surface area contributed by atoms with Crippen LogP contribution < -0.4 is 5.32 Å². The topological polar surface area (TPSA) is 62.2 Å². The molecule has 0 fully saturated rings. The Balaban J connectivity index is 2.66. The molecule has 1 aromatic heterocycles. The van der Waals surface area contributed by atoms with E-state index < -0.39 is 0 Å². The Labute approximate surface area is 110 Å². The first kappa shape index (κ1) is 14.3. The van der Waals surface area contributed by atoms with Crippen LogP contribution in [0.4, 0.5) is 0 Å². The van der Waals surface area contributed by atoms with Crippen LogP contribution in [0.3, 0.4) is 0 Å². The van der Waals surface area contributed by atoms with Crippen molar-refractivity contribution < 1.29 is 9.90 Å². The van der Waals surface area contributed by atoms with Gasteiger partial charge in [-0.15, -0.1) is 0 Å². The standard InChI is InChI=1S/C11H15ClN2O2S/c1-7(10(6-15)17-2)14-11(16)9-5-8(12)3-4-13-9/h3-5,7,10,15H,6H2,1-2H3,(H,14,16). The molecule has 4 nitrogen and oxygen atoms in total. The minimum absolute atomic E-state index is 0.0194. The van der Waals surface area contributed by atoms with E-state index in [9.17, 15) is 4.79 Å². The zero-order valence-electron chi connectivity index (χ0n) is 9.68. The Hall–Kier alpha value is -0.780. The Bertz CT molecular complexity index is 385. The molecule has 1 amide bonds. The van der Waals surface area contributed by atoms with Gasteiger partial charge in [0, 0.05) is 22.5 Å². The van der Waals surface area contributed by atoms with Gasteiger partial charge in [0.25, 0.3) is 5.91 Å². The summed E-state index contributed by atoms with van der Waals surface area (Å²) >= 11 is 7.29. The van der Waals surface area contributed by atoms with E-state index in [0.717, 1.165) is 0 Å². The minimum Gasteiger partial charge on any atom is -0.395 e. The van der Waals surface area contributed by atoms with Gasteiger partial charge >= 0.3 is 0 Å². The van der Waals surface area contributed by atoms with Crippen LogP contribution in [-0.4, -0.2) is 40.2 Å². The van der Waals surface area contributed by atoms with Crippen molar-refractivity contribution in [3.05, 3.63) is 29.0 Å². The molecule has 0 spiro atoms. The smallest absolute Gasteiger partial charge is 0.270 e. The average molecular weight is 275 g/mol. The van der Waals surface area contributed by atoms with E-state index in [1.807, 2.05) is 13.2 Å². The van der Waals surface area contributed by atoms with Crippen molar-refractivity contribution in [1.82, 2.24) is 10.3 Å². The second kappa shape index (κ2) is 6.83. The van der Waals surface area contributed by atoms with Gasteiger partial charge in [0.2, 0.25) is 0 Å². The van der Waals surface area contributed by atoms with Gasteiger partial charge in [-0.05, 0) is 25.3 Å². The van der Waals surface area contributed by atoms with Crippen molar-refractivity contribution in [2.24, 2.45) is 0 Å². The minimum atomic E-state index is -0.285. The van der Waals surface area contributed by atoms with Crippen molar-refractivity contribution in [3.63, 3.8) is 0 Å². The van der Waals surface area contributed by atoms with Crippen molar-refractivity contribution >= 4 is 29.3 Å². The molecule has 6 heteroatoms. The van der Waals surface area contributed by atoms with Gasteiger partial charge in [0.15, 0.2) is 0 Å². The number of hydrogen-bond acceptors (Lipinski definition) is 4. The lowest BCUT2D eigenvalue weighted by Gasteiger charge is -2.21. The van der Waals surface area contributed by atoms with Crippen molar-refractivity contribution in [3.8, 4) is 0 Å². The number of aliphatic hydroxyl groups is 1. The molecule has 2 atom stereocenters. The van der Waals surface area contributed by atoms with Crippen LogP contribution in [0.15, 0.2) is 18.3 Å². The van der Waals surface area contributed by atoms with Crippen molar-refractivity contribution in [2.45, 2.75) is 18.2 Å². The van der Waals surface area contributed by atoms with E-state index in [4.69, 9.17) is 16.7 Å². The Morgan fingerprint density at radius 3 is 2.94 bits per heavy atom. The van der Waals surface area contributed by atoms with Crippen molar-refractivity contribution in [1.29, 1.82) is 0 Å². The number of pyridine rings is 1. The summed E-state index contributed by atoms with van der Waals surface area (Å²) in [6, 6.07) is 2.99. The van der Waals surface area contributed by atoms with E-state index >= 15 is 0 Å². The molecule has 0 aliphatic heterocycles. The molecule has 0 aliphatic carbocycles. The molecule has 0 radical (unpaired) electrons. The zero-order chi connectivity index (χ0) is 12.8. The number of carbonyl (C=O) groups excluding carboxylic acids is 1. The lowest BCUT2D eigenvalue weighted by Crippen LogP contribution is -2.41. The first-order valence-electron chi connectivity index (χ1n) is 5.14. The Kier molecular flexibility index (Phi) is 5.74. The molecule has 2 N–H and O–H groups in total. The highest BCUT2D eigenvalue weighted by atomic mass is 35.5. The third kappa shape index (κ3) is 4.18. The molecule has 0 saturated heterocycles. The fourth-order valence-electron chi connectivity index (χ4n) is 1.34. The number of amides is 1. The van der Waals surface area contributed by atoms with Crippen LogP contribution in [0.1, 0.15) is 17.4 Å². The molecular weight excluding hydrogens is 260 g/mol. The van der Waals surface area contributed by atoms with Gasteiger partial charge in [-0.2, -0.15) is 11.8 Å². The van der Waals surface area contributed by atoms with E-state index in [1.165, 1.54) is 24.0 Å². The quantitative estimate of drug-likeness (QED) is 0.856. The number of nitrogens with one attached hydrogen (secondary N) is 1. The molecule has 1 heterocycles. The van der Waals surface area contributed by atoms with E-state index in [0.29, 0.717) is 5.02 Å². The van der Waals surface area contributed by atoms with Crippen LogP contribution in [0.5, 0.6) is 0 Å². The second-order valence-corrected chi connectivity index (χ2v) is 5.09. The summed E-state index contributed by atoms with van der Waals surface area (Å²) in [6.07, 6.45) is 3.38. The summed E-state index contributed by atoms with van der Waals surface area (Å²) in [7, 11) is 0. The summed E-state index contributed by atoms with van der Waals surface area (Å²) in [5, 5.41) is 12.3. The van der Waals surface area contributed by atoms with Gasteiger partial charge in [0.05, 0.1) is 6.61 Å². The first-order valence-corrected chi connectivity index (χ1v) is 6.81. The molecule has 1 rings (SSSR count). The monoisotopic (exact) mass is 274 g/mol. The second-order valence-electron chi connectivity index (χ2n) is 3.58. The molecule has 0 saturated carbocycles. The molecule has 0 aromatic carbocycles. The summed E-state index contributed by atoms with van der Waals surface area (Å²) in [5.74, 6) is -0.285. The van der Waals surface area contributed by atoms with Gasteiger partial charge in [-0.3, -0.25) is 9.78 Å². The lowest BCUT2D eigenvalue weighted by atomic mass is 10.2. The molecule has 94 valence electrons. The van der Waals surface area contributed by atoms with Gasteiger partial charge < -0.3 is 10.4 Å². The molecular formula is C11H15ClN2O2S. The number of halogens is 1. The van der Waals surface area contributed by atoms with E-state index in [-0.39, 0.29) is 29.5 Å². The van der Waals surface area contributed by atoms with Crippen LogP contribution >= 0.6 is 23.4 Å². The van der Waals surface area contributed by atoms with Crippen LogP contribution in [-0.2, 0) is 0 Å². The fourth-order valence-corrected chi connectivity index (χ4v) is 2.12. The molecule has 0 aliphatic rings.